The Labute approximate surface area is 91.8 Å². The normalized spacial score (nSPS) is 11.0. The van der Waals surface area contributed by atoms with Gasteiger partial charge in [-0.05, 0) is 34.1 Å². The van der Waals surface area contributed by atoms with Crippen molar-refractivity contribution >= 4 is 26.8 Å². The van der Waals surface area contributed by atoms with Gasteiger partial charge in [0.15, 0.2) is 0 Å². The molecule has 2 nitrogen and oxygen atoms in total. The number of hydrogen-bond donors (Lipinski definition) is 2. The van der Waals surface area contributed by atoms with Crippen LogP contribution >= 0.6 is 15.9 Å². The number of rotatable bonds is 3. The third-order valence-corrected chi connectivity index (χ3v) is 2.98. The molecule has 0 bridgehead atoms. The number of nitrogens with one attached hydrogen (secondary N) is 2. The molecule has 2 rings (SSSR count). The van der Waals surface area contributed by atoms with E-state index >= 15 is 0 Å². The number of fused-ring (bicyclic) bond motifs is 1. The molecule has 0 atom stereocenters. The number of aromatic nitrogens is 1. The van der Waals surface area contributed by atoms with E-state index in [9.17, 15) is 0 Å². The van der Waals surface area contributed by atoms with E-state index in [1.54, 1.807) is 0 Å². The SMILES string of the molecule is CCNCc1c[nH]c2c(Br)cccc12. The maximum absolute atomic E-state index is 3.53. The first-order valence-corrected chi connectivity index (χ1v) is 5.57. The summed E-state index contributed by atoms with van der Waals surface area (Å²) >= 11 is 3.53. The fraction of sp³-hybridized carbons (Fsp3) is 0.273. The molecule has 0 unspecified atom stereocenters. The highest BCUT2D eigenvalue weighted by Gasteiger charge is 2.04. The Morgan fingerprint density at radius 3 is 3.07 bits per heavy atom. The summed E-state index contributed by atoms with van der Waals surface area (Å²) in [6.45, 7) is 4.04. The van der Waals surface area contributed by atoms with Crippen molar-refractivity contribution in [1.82, 2.24) is 10.3 Å². The van der Waals surface area contributed by atoms with E-state index in [0.717, 1.165) is 17.6 Å². The van der Waals surface area contributed by atoms with Gasteiger partial charge in [-0.15, -0.1) is 0 Å². The first-order valence-electron chi connectivity index (χ1n) is 4.78. The predicted octanol–water partition coefficient (Wildman–Crippen LogP) is 3.04. The summed E-state index contributed by atoms with van der Waals surface area (Å²) in [7, 11) is 0. The molecule has 0 aliphatic heterocycles. The molecular formula is C11H13BrN2. The Kier molecular flexibility index (Phi) is 2.89. The van der Waals surface area contributed by atoms with Gasteiger partial charge in [-0.3, -0.25) is 0 Å². The van der Waals surface area contributed by atoms with Crippen LogP contribution in [0.3, 0.4) is 0 Å². The minimum Gasteiger partial charge on any atom is -0.360 e. The molecule has 0 aliphatic rings. The summed E-state index contributed by atoms with van der Waals surface area (Å²) in [5.41, 5.74) is 2.50. The molecule has 0 saturated carbocycles. The molecule has 0 amide bonds. The van der Waals surface area contributed by atoms with Gasteiger partial charge in [-0.2, -0.15) is 0 Å². The highest BCUT2D eigenvalue weighted by Crippen LogP contribution is 2.25. The van der Waals surface area contributed by atoms with Crippen LogP contribution in [0.25, 0.3) is 10.9 Å². The zero-order valence-corrected chi connectivity index (χ0v) is 9.69. The van der Waals surface area contributed by atoms with E-state index in [-0.39, 0.29) is 0 Å². The van der Waals surface area contributed by atoms with Crippen LogP contribution in [-0.4, -0.2) is 11.5 Å². The molecule has 2 aromatic rings. The van der Waals surface area contributed by atoms with Crippen molar-refractivity contribution in [3.8, 4) is 0 Å². The minimum absolute atomic E-state index is 0.924. The average molecular weight is 253 g/mol. The Balaban J connectivity index is 2.42. The predicted molar refractivity (Wildman–Crippen MR) is 63.4 cm³/mol. The Morgan fingerprint density at radius 2 is 2.29 bits per heavy atom. The quantitative estimate of drug-likeness (QED) is 0.864. The van der Waals surface area contributed by atoms with E-state index in [2.05, 4.69) is 57.6 Å². The molecule has 0 radical (unpaired) electrons. The Bertz CT molecular complexity index is 434. The molecule has 2 N–H and O–H groups in total. The summed E-state index contributed by atoms with van der Waals surface area (Å²) in [5, 5.41) is 4.62. The zero-order chi connectivity index (χ0) is 9.97. The van der Waals surface area contributed by atoms with Crippen LogP contribution in [0.15, 0.2) is 28.9 Å². The van der Waals surface area contributed by atoms with Crippen LogP contribution in [0.5, 0.6) is 0 Å². The lowest BCUT2D eigenvalue weighted by Gasteiger charge is -1.99. The Hall–Kier alpha value is -0.800. The fourth-order valence-corrected chi connectivity index (χ4v) is 2.06. The van der Waals surface area contributed by atoms with Crippen LogP contribution in [0.1, 0.15) is 12.5 Å². The van der Waals surface area contributed by atoms with Gasteiger partial charge in [0.05, 0.1) is 5.52 Å². The van der Waals surface area contributed by atoms with Crippen LogP contribution in [0.4, 0.5) is 0 Å². The first kappa shape index (κ1) is 9.74. The van der Waals surface area contributed by atoms with Crippen LogP contribution in [0, 0.1) is 0 Å². The largest absolute Gasteiger partial charge is 0.360 e. The molecule has 1 heterocycles. The molecular weight excluding hydrogens is 240 g/mol. The van der Waals surface area contributed by atoms with Gasteiger partial charge in [0, 0.05) is 22.6 Å². The van der Waals surface area contributed by atoms with Crippen molar-refractivity contribution in [2.45, 2.75) is 13.5 Å². The first-order chi connectivity index (χ1) is 6.83. The van der Waals surface area contributed by atoms with E-state index in [0.29, 0.717) is 0 Å². The van der Waals surface area contributed by atoms with Gasteiger partial charge in [-0.25, -0.2) is 0 Å². The summed E-state index contributed by atoms with van der Waals surface area (Å²) in [6, 6.07) is 6.26. The highest BCUT2D eigenvalue weighted by atomic mass is 79.9. The second kappa shape index (κ2) is 4.15. The minimum atomic E-state index is 0.924. The number of para-hydroxylation sites is 1. The third kappa shape index (κ3) is 1.70. The molecule has 1 aromatic heterocycles. The van der Waals surface area contributed by atoms with Gasteiger partial charge in [-0.1, -0.05) is 19.1 Å². The van der Waals surface area contributed by atoms with Crippen molar-refractivity contribution in [2.75, 3.05) is 6.54 Å². The molecule has 0 spiro atoms. The van der Waals surface area contributed by atoms with Crippen molar-refractivity contribution < 1.29 is 0 Å². The number of benzene rings is 1. The number of H-pyrrole nitrogens is 1. The molecule has 14 heavy (non-hydrogen) atoms. The summed E-state index contributed by atoms with van der Waals surface area (Å²) in [4.78, 5) is 3.28. The van der Waals surface area contributed by atoms with E-state index in [1.807, 2.05) is 0 Å². The van der Waals surface area contributed by atoms with Gasteiger partial charge >= 0.3 is 0 Å². The molecule has 0 aliphatic carbocycles. The van der Waals surface area contributed by atoms with Crippen molar-refractivity contribution in [3.05, 3.63) is 34.4 Å². The average Bonchev–Trinajstić information content (AvgIpc) is 2.60. The molecule has 1 aromatic carbocycles. The lowest BCUT2D eigenvalue weighted by atomic mass is 10.2. The highest BCUT2D eigenvalue weighted by molar-refractivity contribution is 9.10. The standard InChI is InChI=1S/C11H13BrN2/c1-2-13-6-8-7-14-11-9(8)4-3-5-10(11)12/h3-5,7,13-14H,2,6H2,1H3. The third-order valence-electron chi connectivity index (χ3n) is 2.32. The van der Waals surface area contributed by atoms with E-state index in [4.69, 9.17) is 0 Å². The van der Waals surface area contributed by atoms with Gasteiger partial charge in [0.1, 0.15) is 0 Å². The summed E-state index contributed by atoms with van der Waals surface area (Å²) in [5.74, 6) is 0. The number of hydrogen-bond acceptors (Lipinski definition) is 1. The Morgan fingerprint density at radius 1 is 1.43 bits per heavy atom. The van der Waals surface area contributed by atoms with Crippen molar-refractivity contribution in [3.63, 3.8) is 0 Å². The molecule has 3 heteroatoms. The molecule has 0 fully saturated rings. The summed E-state index contributed by atoms with van der Waals surface area (Å²) in [6.07, 6.45) is 2.07. The van der Waals surface area contributed by atoms with Gasteiger partial charge in [0.2, 0.25) is 0 Å². The monoisotopic (exact) mass is 252 g/mol. The second-order valence-electron chi connectivity index (χ2n) is 3.26. The topological polar surface area (TPSA) is 27.8 Å². The molecule has 74 valence electrons. The summed E-state index contributed by atoms with van der Waals surface area (Å²) < 4.78 is 1.12. The van der Waals surface area contributed by atoms with Crippen LogP contribution in [-0.2, 0) is 6.54 Å². The van der Waals surface area contributed by atoms with Crippen LogP contribution < -0.4 is 5.32 Å². The zero-order valence-electron chi connectivity index (χ0n) is 8.10. The maximum atomic E-state index is 3.53. The van der Waals surface area contributed by atoms with E-state index < -0.39 is 0 Å². The number of aromatic amines is 1. The lowest BCUT2D eigenvalue weighted by molar-refractivity contribution is 0.730. The number of halogens is 1. The van der Waals surface area contributed by atoms with Crippen LogP contribution in [0.2, 0.25) is 0 Å². The van der Waals surface area contributed by atoms with Crippen molar-refractivity contribution in [1.29, 1.82) is 0 Å². The fourth-order valence-electron chi connectivity index (χ4n) is 1.58. The lowest BCUT2D eigenvalue weighted by Crippen LogP contribution is -2.11. The maximum Gasteiger partial charge on any atom is 0.0601 e. The van der Waals surface area contributed by atoms with Crippen molar-refractivity contribution in [2.24, 2.45) is 0 Å². The smallest absolute Gasteiger partial charge is 0.0601 e. The van der Waals surface area contributed by atoms with Gasteiger partial charge in [0.25, 0.3) is 0 Å². The van der Waals surface area contributed by atoms with Gasteiger partial charge < -0.3 is 10.3 Å². The molecule has 0 saturated heterocycles. The van der Waals surface area contributed by atoms with E-state index in [1.165, 1.54) is 16.5 Å². The second-order valence-corrected chi connectivity index (χ2v) is 4.11.